The lowest BCUT2D eigenvalue weighted by atomic mass is 9.93. The van der Waals surface area contributed by atoms with Gasteiger partial charge in [0.2, 0.25) is 5.91 Å². The van der Waals surface area contributed by atoms with Crippen LogP contribution in [0.1, 0.15) is 25.7 Å². The summed E-state index contributed by atoms with van der Waals surface area (Å²) >= 11 is 0. The zero-order valence-electron chi connectivity index (χ0n) is 11.5. The fraction of sp³-hybridized carbons (Fsp3) is 0.467. The summed E-state index contributed by atoms with van der Waals surface area (Å²) in [5.41, 5.74) is 1.71. The number of carbonyl (C=O) groups excluding carboxylic acids is 1. The summed E-state index contributed by atoms with van der Waals surface area (Å²) in [4.78, 5) is 12.1. The molecule has 1 saturated heterocycles. The van der Waals surface area contributed by atoms with E-state index < -0.39 is 0 Å². The van der Waals surface area contributed by atoms with Crippen LogP contribution in [-0.4, -0.2) is 29.2 Å². The molecule has 1 aliphatic rings. The summed E-state index contributed by atoms with van der Waals surface area (Å²) < 4.78 is 0. The van der Waals surface area contributed by atoms with Gasteiger partial charge < -0.3 is 10.6 Å². The maximum atomic E-state index is 12.1. The van der Waals surface area contributed by atoms with Crippen molar-refractivity contribution in [2.24, 2.45) is 5.92 Å². The molecule has 3 rings (SSSR count). The zero-order chi connectivity index (χ0) is 13.8. The van der Waals surface area contributed by atoms with E-state index in [-0.39, 0.29) is 5.91 Å². The lowest BCUT2D eigenvalue weighted by Gasteiger charge is -2.22. The van der Waals surface area contributed by atoms with E-state index in [1.807, 2.05) is 18.2 Å². The highest BCUT2D eigenvalue weighted by Crippen LogP contribution is 2.22. The fourth-order valence-corrected chi connectivity index (χ4v) is 2.79. The van der Waals surface area contributed by atoms with Crippen LogP contribution in [0.5, 0.6) is 0 Å². The van der Waals surface area contributed by atoms with Gasteiger partial charge in [0.05, 0.1) is 17.4 Å². The molecule has 1 aromatic carbocycles. The van der Waals surface area contributed by atoms with Crippen molar-refractivity contribution in [1.82, 2.24) is 15.5 Å². The molecule has 0 radical (unpaired) electrons. The predicted molar refractivity (Wildman–Crippen MR) is 79.6 cm³/mol. The van der Waals surface area contributed by atoms with E-state index in [0.29, 0.717) is 12.3 Å². The monoisotopic (exact) mass is 272 g/mol. The number of carbonyl (C=O) groups is 1. The molecule has 0 atom stereocenters. The van der Waals surface area contributed by atoms with Gasteiger partial charge in [-0.3, -0.25) is 9.89 Å². The van der Waals surface area contributed by atoms with Gasteiger partial charge in [-0.2, -0.15) is 5.10 Å². The lowest BCUT2D eigenvalue weighted by molar-refractivity contribution is -0.116. The molecule has 0 saturated carbocycles. The molecule has 1 aliphatic heterocycles. The van der Waals surface area contributed by atoms with E-state index in [9.17, 15) is 4.79 Å². The lowest BCUT2D eigenvalue weighted by Crippen LogP contribution is -2.28. The number of hydrogen-bond donors (Lipinski definition) is 3. The zero-order valence-corrected chi connectivity index (χ0v) is 11.5. The third-order valence-electron chi connectivity index (χ3n) is 3.99. The van der Waals surface area contributed by atoms with E-state index in [0.717, 1.165) is 36.1 Å². The molecule has 0 bridgehead atoms. The summed E-state index contributed by atoms with van der Waals surface area (Å²) in [6, 6.07) is 5.81. The number of rotatable bonds is 4. The maximum absolute atomic E-state index is 12.1. The number of benzene rings is 1. The highest BCUT2D eigenvalue weighted by Gasteiger charge is 2.15. The molecular formula is C15H20N4O. The fourth-order valence-electron chi connectivity index (χ4n) is 2.79. The van der Waals surface area contributed by atoms with Crippen LogP contribution in [0, 0.1) is 5.92 Å². The van der Waals surface area contributed by atoms with Crippen molar-refractivity contribution in [3.05, 3.63) is 24.4 Å². The highest BCUT2D eigenvalue weighted by atomic mass is 16.1. The maximum Gasteiger partial charge on any atom is 0.224 e. The predicted octanol–water partition coefficient (Wildman–Crippen LogP) is 2.28. The van der Waals surface area contributed by atoms with E-state index in [2.05, 4.69) is 20.8 Å². The Labute approximate surface area is 118 Å². The Kier molecular flexibility index (Phi) is 3.97. The Morgan fingerprint density at radius 1 is 1.35 bits per heavy atom. The van der Waals surface area contributed by atoms with E-state index in [1.54, 1.807) is 6.20 Å². The summed E-state index contributed by atoms with van der Waals surface area (Å²) in [5.74, 6) is 0.774. The third-order valence-corrected chi connectivity index (χ3v) is 3.99. The van der Waals surface area contributed by atoms with Crippen LogP contribution in [0.25, 0.3) is 10.9 Å². The van der Waals surface area contributed by atoms with E-state index in [1.165, 1.54) is 12.8 Å². The largest absolute Gasteiger partial charge is 0.324 e. The first kappa shape index (κ1) is 13.1. The number of aromatic amines is 1. The first-order valence-corrected chi connectivity index (χ1v) is 7.25. The van der Waals surface area contributed by atoms with Crippen molar-refractivity contribution < 1.29 is 4.79 Å². The van der Waals surface area contributed by atoms with Crippen molar-refractivity contribution in [3.8, 4) is 0 Å². The number of amides is 1. The SMILES string of the molecule is O=C(CCC1CCNCC1)Nc1cccc2cn[nH]c12. The Morgan fingerprint density at radius 2 is 2.20 bits per heavy atom. The molecule has 0 spiro atoms. The van der Waals surface area contributed by atoms with Gasteiger partial charge in [-0.1, -0.05) is 12.1 Å². The molecule has 1 aromatic heterocycles. The summed E-state index contributed by atoms with van der Waals surface area (Å²) in [5, 5.41) is 14.3. The average Bonchev–Trinajstić information content (AvgIpc) is 2.96. The minimum atomic E-state index is 0.0885. The van der Waals surface area contributed by atoms with Crippen LogP contribution in [0.3, 0.4) is 0 Å². The second-order valence-electron chi connectivity index (χ2n) is 5.42. The molecule has 3 N–H and O–H groups in total. The second-order valence-corrected chi connectivity index (χ2v) is 5.42. The second kappa shape index (κ2) is 6.05. The smallest absolute Gasteiger partial charge is 0.224 e. The van der Waals surface area contributed by atoms with Gasteiger partial charge in [-0.15, -0.1) is 0 Å². The minimum Gasteiger partial charge on any atom is -0.324 e. The van der Waals surface area contributed by atoms with Gasteiger partial charge in [-0.05, 0) is 44.3 Å². The number of nitrogens with zero attached hydrogens (tertiary/aromatic N) is 1. The molecule has 0 unspecified atom stereocenters. The molecule has 0 aliphatic carbocycles. The topological polar surface area (TPSA) is 69.8 Å². The van der Waals surface area contributed by atoms with Crippen molar-refractivity contribution in [1.29, 1.82) is 0 Å². The van der Waals surface area contributed by atoms with Crippen molar-refractivity contribution >= 4 is 22.5 Å². The number of hydrogen-bond acceptors (Lipinski definition) is 3. The van der Waals surface area contributed by atoms with Crippen LogP contribution >= 0.6 is 0 Å². The molecular weight excluding hydrogens is 252 g/mol. The highest BCUT2D eigenvalue weighted by molar-refractivity contribution is 6.00. The molecule has 106 valence electrons. The molecule has 20 heavy (non-hydrogen) atoms. The minimum absolute atomic E-state index is 0.0885. The average molecular weight is 272 g/mol. The Balaban J connectivity index is 1.57. The van der Waals surface area contributed by atoms with E-state index in [4.69, 9.17) is 0 Å². The normalized spacial score (nSPS) is 16.4. The van der Waals surface area contributed by atoms with Gasteiger partial charge in [0, 0.05) is 11.8 Å². The summed E-state index contributed by atoms with van der Waals surface area (Å²) in [6.07, 6.45) is 5.70. The molecule has 1 fully saturated rings. The van der Waals surface area contributed by atoms with Crippen LogP contribution in [-0.2, 0) is 4.79 Å². The van der Waals surface area contributed by atoms with Crippen LogP contribution in [0.2, 0.25) is 0 Å². The Bertz CT molecular complexity index is 586. The first-order valence-electron chi connectivity index (χ1n) is 7.25. The van der Waals surface area contributed by atoms with Crippen LogP contribution in [0.4, 0.5) is 5.69 Å². The number of fused-ring (bicyclic) bond motifs is 1. The third kappa shape index (κ3) is 2.99. The van der Waals surface area contributed by atoms with Gasteiger partial charge >= 0.3 is 0 Å². The number of nitrogens with one attached hydrogen (secondary N) is 3. The van der Waals surface area contributed by atoms with Gasteiger partial charge in [0.1, 0.15) is 0 Å². The van der Waals surface area contributed by atoms with Gasteiger partial charge in [0.15, 0.2) is 0 Å². The summed E-state index contributed by atoms with van der Waals surface area (Å²) in [7, 11) is 0. The standard InChI is InChI=1S/C15H20N4O/c20-14(5-4-11-6-8-16-9-7-11)18-13-3-1-2-12-10-17-19-15(12)13/h1-3,10-11,16H,4-9H2,(H,17,19)(H,18,20). The first-order chi connectivity index (χ1) is 9.83. The van der Waals surface area contributed by atoms with Crippen LogP contribution < -0.4 is 10.6 Å². The molecule has 1 amide bonds. The van der Waals surface area contributed by atoms with Crippen molar-refractivity contribution in [2.45, 2.75) is 25.7 Å². The Hall–Kier alpha value is -1.88. The number of para-hydroxylation sites is 1. The van der Waals surface area contributed by atoms with E-state index >= 15 is 0 Å². The summed E-state index contributed by atoms with van der Waals surface area (Å²) in [6.45, 7) is 2.17. The number of piperidine rings is 1. The van der Waals surface area contributed by atoms with Gasteiger partial charge in [-0.25, -0.2) is 0 Å². The molecule has 2 aromatic rings. The van der Waals surface area contributed by atoms with Crippen LogP contribution in [0.15, 0.2) is 24.4 Å². The number of aromatic nitrogens is 2. The molecule has 5 nitrogen and oxygen atoms in total. The van der Waals surface area contributed by atoms with Gasteiger partial charge in [0.25, 0.3) is 0 Å². The van der Waals surface area contributed by atoms with Crippen molar-refractivity contribution in [3.63, 3.8) is 0 Å². The van der Waals surface area contributed by atoms with Crippen molar-refractivity contribution in [2.75, 3.05) is 18.4 Å². The molecule has 2 heterocycles. The Morgan fingerprint density at radius 3 is 3.05 bits per heavy atom. The number of H-pyrrole nitrogens is 1. The number of anilines is 1. The molecule has 5 heteroatoms. The quantitative estimate of drug-likeness (QED) is 0.799.